The number of aryl methyl sites for hydroxylation is 2. The molecule has 1 N–H and O–H groups in total. The molecule has 2 nitrogen and oxygen atoms in total. The number of anilines is 1. The van der Waals surface area contributed by atoms with Gasteiger partial charge in [-0.15, -0.1) is 0 Å². The van der Waals surface area contributed by atoms with Crippen molar-refractivity contribution in [2.45, 2.75) is 20.5 Å². The van der Waals surface area contributed by atoms with E-state index in [0.717, 1.165) is 22.0 Å². The van der Waals surface area contributed by atoms with Crippen LogP contribution in [0.1, 0.15) is 16.7 Å². The van der Waals surface area contributed by atoms with Gasteiger partial charge in [0.15, 0.2) is 0 Å². The van der Waals surface area contributed by atoms with E-state index in [0.29, 0.717) is 6.61 Å². The van der Waals surface area contributed by atoms with E-state index in [1.54, 1.807) is 0 Å². The third kappa shape index (κ3) is 3.42. The predicted octanol–water partition coefficient (Wildman–Crippen LogP) is 4.58. The van der Waals surface area contributed by atoms with Gasteiger partial charge in [0.25, 0.3) is 0 Å². The molecule has 0 aromatic heterocycles. The van der Waals surface area contributed by atoms with Crippen LogP contribution in [0.5, 0.6) is 5.75 Å². The number of benzene rings is 2. The molecule has 2 aromatic carbocycles. The van der Waals surface area contributed by atoms with Crippen LogP contribution in [0.3, 0.4) is 0 Å². The van der Waals surface area contributed by atoms with E-state index >= 15 is 0 Å². The minimum absolute atomic E-state index is 0.526. The lowest BCUT2D eigenvalue weighted by atomic mass is 10.1. The second-order valence-corrected chi connectivity index (χ2v) is 5.04. The Morgan fingerprint density at radius 1 is 1.11 bits per heavy atom. The van der Waals surface area contributed by atoms with E-state index < -0.39 is 0 Å². The molecule has 0 aliphatic rings. The fourth-order valence-electron chi connectivity index (χ4n) is 2.19. The summed E-state index contributed by atoms with van der Waals surface area (Å²) in [5, 5.41) is 3.93. The number of nitrogens with one attached hydrogen (secondary N) is 1. The van der Waals surface area contributed by atoms with Gasteiger partial charge in [0.05, 0.1) is 0 Å². The number of hydrogen-bond donors (Lipinski definition) is 1. The summed E-state index contributed by atoms with van der Waals surface area (Å²) in [6, 6.07) is 11.8. The van der Waals surface area contributed by atoms with E-state index in [1.165, 1.54) is 11.1 Å². The molecule has 0 saturated heterocycles. The maximum Gasteiger partial charge on any atom is 0.120 e. The molecule has 0 atom stereocenters. The van der Waals surface area contributed by atoms with Crippen molar-refractivity contribution in [3.8, 4) is 5.75 Å². The van der Waals surface area contributed by atoms with Crippen molar-refractivity contribution >= 4 is 17.3 Å². The van der Waals surface area contributed by atoms with Crippen LogP contribution in [-0.4, -0.2) is 7.05 Å². The first-order chi connectivity index (χ1) is 9.10. The molecule has 0 radical (unpaired) electrons. The van der Waals surface area contributed by atoms with E-state index in [9.17, 15) is 0 Å². The molecule has 0 saturated carbocycles. The Morgan fingerprint density at radius 3 is 2.37 bits per heavy atom. The van der Waals surface area contributed by atoms with Crippen molar-refractivity contribution in [3.63, 3.8) is 0 Å². The Kier molecular flexibility index (Phi) is 4.33. The standard InChI is InChI=1S/C16H18ClNO/c1-11-7-15(8-12(2)16(11)18-3)19-10-13-5-4-6-14(17)9-13/h4-9,18H,10H2,1-3H3. The van der Waals surface area contributed by atoms with E-state index in [2.05, 4.69) is 19.2 Å². The normalized spacial score (nSPS) is 10.3. The van der Waals surface area contributed by atoms with Crippen molar-refractivity contribution in [1.82, 2.24) is 0 Å². The smallest absolute Gasteiger partial charge is 0.120 e. The molecule has 0 aliphatic carbocycles. The lowest BCUT2D eigenvalue weighted by molar-refractivity contribution is 0.306. The fourth-order valence-corrected chi connectivity index (χ4v) is 2.41. The summed E-state index contributed by atoms with van der Waals surface area (Å²) in [5.41, 5.74) is 4.60. The summed E-state index contributed by atoms with van der Waals surface area (Å²) in [5.74, 6) is 0.883. The minimum Gasteiger partial charge on any atom is -0.489 e. The van der Waals surface area contributed by atoms with Crippen molar-refractivity contribution < 1.29 is 4.74 Å². The molecule has 100 valence electrons. The van der Waals surface area contributed by atoms with Crippen LogP contribution >= 0.6 is 11.6 Å². The van der Waals surface area contributed by atoms with Gasteiger partial charge in [0, 0.05) is 17.8 Å². The average molecular weight is 276 g/mol. The molecule has 0 fully saturated rings. The Balaban J connectivity index is 2.12. The quantitative estimate of drug-likeness (QED) is 0.882. The molecule has 3 heteroatoms. The highest BCUT2D eigenvalue weighted by atomic mass is 35.5. The number of ether oxygens (including phenoxy) is 1. The molecule has 0 bridgehead atoms. The number of hydrogen-bond acceptors (Lipinski definition) is 2. The molecule has 19 heavy (non-hydrogen) atoms. The summed E-state index contributed by atoms with van der Waals surface area (Å²) in [6.07, 6.45) is 0. The summed E-state index contributed by atoms with van der Waals surface area (Å²) >= 11 is 5.95. The van der Waals surface area contributed by atoms with Crippen LogP contribution < -0.4 is 10.1 Å². The Morgan fingerprint density at radius 2 is 1.79 bits per heavy atom. The van der Waals surface area contributed by atoms with E-state index in [4.69, 9.17) is 16.3 Å². The monoisotopic (exact) mass is 275 g/mol. The van der Waals surface area contributed by atoms with Gasteiger partial charge in [-0.3, -0.25) is 0 Å². The van der Waals surface area contributed by atoms with Crippen LogP contribution in [0.4, 0.5) is 5.69 Å². The van der Waals surface area contributed by atoms with Gasteiger partial charge in [0.2, 0.25) is 0 Å². The summed E-state index contributed by atoms with van der Waals surface area (Å²) in [7, 11) is 1.93. The lowest BCUT2D eigenvalue weighted by Gasteiger charge is -2.13. The summed E-state index contributed by atoms with van der Waals surface area (Å²) in [6.45, 7) is 4.68. The van der Waals surface area contributed by atoms with E-state index in [-0.39, 0.29) is 0 Å². The third-order valence-corrected chi connectivity index (χ3v) is 3.29. The Hall–Kier alpha value is -1.67. The molecule has 0 amide bonds. The second-order valence-electron chi connectivity index (χ2n) is 4.60. The molecule has 0 aliphatic heterocycles. The maximum absolute atomic E-state index is 5.95. The van der Waals surface area contributed by atoms with Crippen molar-refractivity contribution in [1.29, 1.82) is 0 Å². The molecular weight excluding hydrogens is 258 g/mol. The molecular formula is C16H18ClNO. The SMILES string of the molecule is CNc1c(C)cc(OCc2cccc(Cl)c2)cc1C. The fraction of sp³-hybridized carbons (Fsp3) is 0.250. The molecule has 2 aromatic rings. The van der Waals surface area contributed by atoms with Crippen molar-refractivity contribution in [3.05, 3.63) is 58.1 Å². The summed E-state index contributed by atoms with van der Waals surface area (Å²) < 4.78 is 5.82. The first-order valence-corrected chi connectivity index (χ1v) is 6.64. The van der Waals surface area contributed by atoms with Gasteiger partial charge < -0.3 is 10.1 Å². The van der Waals surface area contributed by atoms with Crippen LogP contribution in [-0.2, 0) is 6.61 Å². The Bertz CT molecular complexity index is 558. The van der Waals surface area contributed by atoms with Crippen LogP contribution in [0.15, 0.2) is 36.4 Å². The zero-order chi connectivity index (χ0) is 13.8. The lowest BCUT2D eigenvalue weighted by Crippen LogP contribution is -1.99. The molecule has 0 spiro atoms. The van der Waals surface area contributed by atoms with Crippen LogP contribution in [0, 0.1) is 13.8 Å². The maximum atomic E-state index is 5.95. The molecule has 2 rings (SSSR count). The van der Waals surface area contributed by atoms with Crippen LogP contribution in [0.2, 0.25) is 5.02 Å². The van der Waals surface area contributed by atoms with Crippen molar-refractivity contribution in [2.75, 3.05) is 12.4 Å². The molecule has 0 heterocycles. The van der Waals surface area contributed by atoms with Gasteiger partial charge in [-0.25, -0.2) is 0 Å². The number of rotatable bonds is 4. The minimum atomic E-state index is 0.526. The largest absolute Gasteiger partial charge is 0.489 e. The van der Waals surface area contributed by atoms with Crippen molar-refractivity contribution in [2.24, 2.45) is 0 Å². The highest BCUT2D eigenvalue weighted by molar-refractivity contribution is 6.30. The average Bonchev–Trinajstić information content (AvgIpc) is 2.36. The Labute approximate surface area is 119 Å². The highest BCUT2D eigenvalue weighted by Crippen LogP contribution is 2.26. The topological polar surface area (TPSA) is 21.3 Å². The third-order valence-electron chi connectivity index (χ3n) is 3.05. The highest BCUT2D eigenvalue weighted by Gasteiger charge is 2.04. The van der Waals surface area contributed by atoms with E-state index in [1.807, 2.05) is 43.4 Å². The predicted molar refractivity (Wildman–Crippen MR) is 81.2 cm³/mol. The first-order valence-electron chi connectivity index (χ1n) is 6.26. The van der Waals surface area contributed by atoms with Gasteiger partial charge in [0.1, 0.15) is 12.4 Å². The van der Waals surface area contributed by atoms with Gasteiger partial charge in [-0.05, 0) is 54.8 Å². The number of halogens is 1. The summed E-state index contributed by atoms with van der Waals surface area (Å²) in [4.78, 5) is 0. The van der Waals surface area contributed by atoms with Gasteiger partial charge in [-0.1, -0.05) is 23.7 Å². The molecule has 0 unspecified atom stereocenters. The first kappa shape index (κ1) is 13.8. The van der Waals surface area contributed by atoms with Gasteiger partial charge in [-0.2, -0.15) is 0 Å². The van der Waals surface area contributed by atoms with Gasteiger partial charge >= 0.3 is 0 Å². The van der Waals surface area contributed by atoms with Crippen LogP contribution in [0.25, 0.3) is 0 Å². The zero-order valence-electron chi connectivity index (χ0n) is 11.5. The zero-order valence-corrected chi connectivity index (χ0v) is 12.2. The second kappa shape index (κ2) is 5.98.